The SMILES string of the molecule is CCn1cc(Nc2ncc([N+](=O)[O-])s2)cn1. The number of thiazole rings is 1. The Labute approximate surface area is 94.9 Å². The Balaban J connectivity index is 2.11. The molecule has 0 fully saturated rings. The van der Waals surface area contributed by atoms with Crippen LogP contribution in [-0.2, 0) is 6.54 Å². The van der Waals surface area contributed by atoms with E-state index >= 15 is 0 Å². The van der Waals surface area contributed by atoms with Crippen molar-refractivity contribution < 1.29 is 4.92 Å². The van der Waals surface area contributed by atoms with Crippen molar-refractivity contribution in [1.29, 1.82) is 0 Å². The topological polar surface area (TPSA) is 85.9 Å². The lowest BCUT2D eigenvalue weighted by atomic mass is 10.6. The first kappa shape index (κ1) is 10.6. The van der Waals surface area contributed by atoms with Gasteiger partial charge in [0.15, 0.2) is 5.13 Å². The average Bonchev–Trinajstić information content (AvgIpc) is 2.87. The van der Waals surface area contributed by atoms with E-state index in [0.717, 1.165) is 23.6 Å². The van der Waals surface area contributed by atoms with Gasteiger partial charge in [-0.3, -0.25) is 14.8 Å². The molecular formula is C8H9N5O2S. The van der Waals surface area contributed by atoms with Gasteiger partial charge in [-0.2, -0.15) is 5.10 Å². The van der Waals surface area contributed by atoms with E-state index < -0.39 is 4.92 Å². The van der Waals surface area contributed by atoms with Crippen LogP contribution in [0.1, 0.15) is 6.92 Å². The molecule has 0 spiro atoms. The molecule has 2 heterocycles. The molecule has 0 aliphatic heterocycles. The third-order valence-corrected chi connectivity index (χ3v) is 2.75. The summed E-state index contributed by atoms with van der Waals surface area (Å²) >= 11 is 0.994. The zero-order chi connectivity index (χ0) is 11.5. The Morgan fingerprint density at radius 3 is 3.00 bits per heavy atom. The molecule has 16 heavy (non-hydrogen) atoms. The standard InChI is InChI=1S/C8H9N5O2S/c1-2-12-5-6(3-10-12)11-8-9-4-7(16-8)13(14)15/h3-5H,2H2,1H3,(H,9,11). The van der Waals surface area contributed by atoms with E-state index in [1.165, 1.54) is 6.20 Å². The summed E-state index contributed by atoms with van der Waals surface area (Å²) in [4.78, 5) is 13.9. The van der Waals surface area contributed by atoms with Crippen molar-refractivity contribution in [1.82, 2.24) is 14.8 Å². The highest BCUT2D eigenvalue weighted by Gasteiger charge is 2.11. The van der Waals surface area contributed by atoms with E-state index in [1.54, 1.807) is 10.9 Å². The zero-order valence-corrected chi connectivity index (χ0v) is 9.27. The summed E-state index contributed by atoms with van der Waals surface area (Å²) in [5.41, 5.74) is 0.770. The predicted molar refractivity (Wildman–Crippen MR) is 60.0 cm³/mol. The van der Waals surface area contributed by atoms with Crippen LogP contribution in [0.3, 0.4) is 0 Å². The van der Waals surface area contributed by atoms with Gasteiger partial charge >= 0.3 is 5.00 Å². The second kappa shape index (κ2) is 4.27. The average molecular weight is 239 g/mol. The Kier molecular flexibility index (Phi) is 2.82. The van der Waals surface area contributed by atoms with E-state index in [4.69, 9.17) is 0 Å². The molecule has 0 saturated carbocycles. The quantitative estimate of drug-likeness (QED) is 0.651. The van der Waals surface area contributed by atoms with E-state index in [0.29, 0.717) is 5.13 Å². The van der Waals surface area contributed by atoms with Crippen molar-refractivity contribution >= 4 is 27.2 Å². The van der Waals surface area contributed by atoms with Gasteiger partial charge in [0.05, 0.1) is 16.8 Å². The Bertz CT molecular complexity index is 506. The molecule has 0 aliphatic carbocycles. The van der Waals surface area contributed by atoms with Crippen molar-refractivity contribution in [2.75, 3.05) is 5.32 Å². The molecule has 0 atom stereocenters. The van der Waals surface area contributed by atoms with E-state index in [9.17, 15) is 10.1 Å². The van der Waals surface area contributed by atoms with E-state index in [2.05, 4.69) is 15.4 Å². The minimum atomic E-state index is -0.460. The first-order chi connectivity index (χ1) is 7.69. The zero-order valence-electron chi connectivity index (χ0n) is 8.45. The molecule has 2 aromatic heterocycles. The molecule has 2 rings (SSSR count). The second-order valence-corrected chi connectivity index (χ2v) is 3.98. The molecule has 0 aliphatic rings. The fraction of sp³-hybridized carbons (Fsp3) is 0.250. The molecular weight excluding hydrogens is 230 g/mol. The highest BCUT2D eigenvalue weighted by Crippen LogP contribution is 2.27. The Morgan fingerprint density at radius 1 is 1.62 bits per heavy atom. The maximum atomic E-state index is 10.4. The van der Waals surface area contributed by atoms with Crippen LogP contribution in [0.4, 0.5) is 15.8 Å². The van der Waals surface area contributed by atoms with Crippen molar-refractivity contribution in [2.24, 2.45) is 0 Å². The molecule has 0 aromatic carbocycles. The third kappa shape index (κ3) is 2.16. The van der Waals surface area contributed by atoms with Gasteiger partial charge in [-0.05, 0) is 18.3 Å². The maximum Gasteiger partial charge on any atom is 0.345 e. The monoisotopic (exact) mass is 239 g/mol. The largest absolute Gasteiger partial charge is 0.345 e. The summed E-state index contributed by atoms with van der Waals surface area (Å²) in [6.45, 7) is 2.75. The van der Waals surface area contributed by atoms with Crippen molar-refractivity contribution in [3.63, 3.8) is 0 Å². The number of hydrogen-bond acceptors (Lipinski definition) is 6. The highest BCUT2D eigenvalue weighted by molar-refractivity contribution is 7.18. The molecule has 0 amide bonds. The van der Waals surface area contributed by atoms with Crippen LogP contribution in [0.15, 0.2) is 18.6 Å². The van der Waals surface area contributed by atoms with Crippen LogP contribution in [-0.4, -0.2) is 19.7 Å². The number of aromatic nitrogens is 3. The molecule has 0 bridgehead atoms. The predicted octanol–water partition coefficient (Wildman–Crippen LogP) is 2.01. The van der Waals surface area contributed by atoms with Crippen LogP contribution in [0.2, 0.25) is 0 Å². The molecule has 0 saturated heterocycles. The van der Waals surface area contributed by atoms with Crippen molar-refractivity contribution in [3.8, 4) is 0 Å². The molecule has 7 nitrogen and oxygen atoms in total. The van der Waals surface area contributed by atoms with Crippen molar-refractivity contribution in [2.45, 2.75) is 13.5 Å². The molecule has 2 aromatic rings. The first-order valence-electron chi connectivity index (χ1n) is 4.58. The van der Waals surface area contributed by atoms with E-state index in [1.807, 2.05) is 13.1 Å². The van der Waals surface area contributed by atoms with Gasteiger partial charge in [-0.1, -0.05) is 0 Å². The number of hydrogen-bond donors (Lipinski definition) is 1. The van der Waals surface area contributed by atoms with Gasteiger partial charge in [-0.15, -0.1) is 0 Å². The summed E-state index contributed by atoms with van der Waals surface area (Å²) in [5, 5.41) is 18.0. The van der Waals surface area contributed by atoms with Gasteiger partial charge in [0, 0.05) is 12.7 Å². The number of nitro groups is 1. The normalized spacial score (nSPS) is 10.3. The van der Waals surface area contributed by atoms with Gasteiger partial charge in [-0.25, -0.2) is 4.98 Å². The minimum absolute atomic E-state index is 0.0189. The van der Waals surface area contributed by atoms with Gasteiger partial charge in [0.2, 0.25) is 0 Å². The highest BCUT2D eigenvalue weighted by atomic mass is 32.1. The summed E-state index contributed by atoms with van der Waals surface area (Å²) in [6.07, 6.45) is 4.70. The number of aryl methyl sites for hydroxylation is 1. The summed E-state index contributed by atoms with van der Waals surface area (Å²) < 4.78 is 1.75. The van der Waals surface area contributed by atoms with Gasteiger partial charge < -0.3 is 5.32 Å². The van der Waals surface area contributed by atoms with Crippen LogP contribution in [0.25, 0.3) is 0 Å². The molecule has 0 radical (unpaired) electrons. The fourth-order valence-corrected chi connectivity index (χ4v) is 1.78. The van der Waals surface area contributed by atoms with Crippen LogP contribution in [0, 0.1) is 10.1 Å². The number of nitrogens with one attached hydrogen (secondary N) is 1. The minimum Gasteiger partial charge on any atom is -0.329 e. The Hall–Kier alpha value is -1.96. The second-order valence-electron chi connectivity index (χ2n) is 2.97. The van der Waals surface area contributed by atoms with Crippen LogP contribution < -0.4 is 5.32 Å². The molecule has 84 valence electrons. The van der Waals surface area contributed by atoms with Crippen molar-refractivity contribution in [3.05, 3.63) is 28.7 Å². The molecule has 1 N–H and O–H groups in total. The lowest BCUT2D eigenvalue weighted by Crippen LogP contribution is -1.92. The third-order valence-electron chi connectivity index (χ3n) is 1.88. The van der Waals surface area contributed by atoms with E-state index in [-0.39, 0.29) is 5.00 Å². The first-order valence-corrected chi connectivity index (χ1v) is 5.40. The summed E-state index contributed by atoms with van der Waals surface area (Å²) in [5.74, 6) is 0. The number of rotatable bonds is 4. The maximum absolute atomic E-state index is 10.4. The Morgan fingerprint density at radius 2 is 2.44 bits per heavy atom. The summed E-state index contributed by atoms with van der Waals surface area (Å²) in [7, 11) is 0. The number of nitrogens with zero attached hydrogens (tertiary/aromatic N) is 4. The lowest BCUT2D eigenvalue weighted by Gasteiger charge is -1.95. The summed E-state index contributed by atoms with van der Waals surface area (Å²) in [6, 6.07) is 0. The van der Waals surface area contributed by atoms with Gasteiger partial charge in [0.25, 0.3) is 0 Å². The van der Waals surface area contributed by atoms with Crippen LogP contribution in [0.5, 0.6) is 0 Å². The van der Waals surface area contributed by atoms with Gasteiger partial charge in [0.1, 0.15) is 6.20 Å². The molecule has 0 unspecified atom stereocenters. The smallest absolute Gasteiger partial charge is 0.329 e. The number of anilines is 2. The fourth-order valence-electron chi connectivity index (χ4n) is 1.13. The van der Waals surface area contributed by atoms with Crippen LogP contribution >= 0.6 is 11.3 Å². The lowest BCUT2D eigenvalue weighted by molar-refractivity contribution is -0.380. The molecule has 8 heteroatoms.